The molecular weight excluding hydrogens is 295 g/mol. The van der Waals surface area contributed by atoms with E-state index >= 15 is 0 Å². The molecule has 0 rings (SSSR count). The minimum atomic E-state index is -2.03. The first kappa shape index (κ1) is 25.7. The molecule has 0 bridgehead atoms. The fourth-order valence-corrected chi connectivity index (χ4v) is 0. The Morgan fingerprint density at radius 2 is 1.00 bits per heavy atom. The molecule has 0 aliphatic carbocycles. The molecule has 0 unspecified atom stereocenters. The fraction of sp³-hybridized carbons (Fsp3) is 0. The summed E-state index contributed by atoms with van der Waals surface area (Å²) in [6.07, 6.45) is 0. The van der Waals surface area contributed by atoms with Crippen LogP contribution in [0, 0.1) is 0 Å². The van der Waals surface area contributed by atoms with Crippen molar-refractivity contribution in [1.82, 2.24) is 0 Å². The Morgan fingerprint density at radius 3 is 1.00 bits per heavy atom. The van der Waals surface area contributed by atoms with Gasteiger partial charge in [0.25, 0.3) is 0 Å². The van der Waals surface area contributed by atoms with E-state index < -0.39 is 18.5 Å². The molecule has 0 aliphatic heterocycles. The van der Waals surface area contributed by atoms with Crippen LogP contribution in [0.3, 0.4) is 0 Å². The molecule has 0 amide bonds. The number of rotatable bonds is 0. The van der Waals surface area contributed by atoms with Crippen LogP contribution in [-0.2, 0) is 46.3 Å². The van der Waals surface area contributed by atoms with E-state index in [1.807, 2.05) is 0 Å². The zero-order valence-corrected chi connectivity index (χ0v) is 8.10. The molecule has 0 aromatic rings. The number of hydrogen-bond donors (Lipinski definition) is 0. The van der Waals surface area contributed by atoms with E-state index in [1.54, 1.807) is 0 Å². The van der Waals surface area contributed by atoms with Gasteiger partial charge in [0.15, 0.2) is 0 Å². The Labute approximate surface area is 70.7 Å². The summed E-state index contributed by atoms with van der Waals surface area (Å²) in [4.78, 5) is 0. The van der Waals surface area contributed by atoms with E-state index in [1.165, 1.54) is 0 Å². The van der Waals surface area contributed by atoms with Crippen molar-refractivity contribution >= 4 is 24.8 Å². The summed E-state index contributed by atoms with van der Waals surface area (Å²) in [5.41, 5.74) is 0. The van der Waals surface area contributed by atoms with E-state index in [2.05, 4.69) is 0 Å². The van der Waals surface area contributed by atoms with Gasteiger partial charge in [-0.3, -0.25) is 0 Å². The van der Waals surface area contributed by atoms with Gasteiger partial charge in [-0.2, -0.15) is 0 Å². The SMILES string of the molecule is Cl.Cl.[Mo].[O]=[Mo]=[O]. The molecule has 2 nitrogen and oxygen atoms in total. The van der Waals surface area contributed by atoms with Crippen LogP contribution < -0.4 is 0 Å². The molecule has 40 valence electrons. The first-order chi connectivity index (χ1) is 1.41. The van der Waals surface area contributed by atoms with Gasteiger partial charge in [-0.05, 0) is 0 Å². The molecule has 0 spiro atoms. The van der Waals surface area contributed by atoms with Crippen LogP contribution in [0.2, 0.25) is 0 Å². The molecule has 0 heterocycles. The van der Waals surface area contributed by atoms with Crippen LogP contribution in [0.1, 0.15) is 0 Å². The summed E-state index contributed by atoms with van der Waals surface area (Å²) in [6, 6.07) is 0. The van der Waals surface area contributed by atoms with E-state index in [4.69, 9.17) is 6.80 Å². The molecule has 0 aromatic carbocycles. The molecule has 0 saturated carbocycles. The summed E-state index contributed by atoms with van der Waals surface area (Å²) in [7, 11) is 0. The minimum absolute atomic E-state index is 0. The molecule has 0 fully saturated rings. The molecule has 0 N–H and O–H groups in total. The van der Waals surface area contributed by atoms with Gasteiger partial charge in [-0.1, -0.05) is 0 Å². The summed E-state index contributed by atoms with van der Waals surface area (Å²) >= 11 is -2.03. The van der Waals surface area contributed by atoms with E-state index in [-0.39, 0.29) is 45.9 Å². The number of hydrogen-bond acceptors (Lipinski definition) is 2. The summed E-state index contributed by atoms with van der Waals surface area (Å²) in [5, 5.41) is 0. The predicted octanol–water partition coefficient (Wildman–Crippen LogP) is 0.601. The Kier molecular flexibility index (Phi) is 133. The van der Waals surface area contributed by atoms with Crippen LogP contribution in [0.5, 0.6) is 0 Å². The van der Waals surface area contributed by atoms with Gasteiger partial charge in [0.05, 0.1) is 0 Å². The Morgan fingerprint density at radius 1 is 1.00 bits per heavy atom. The normalized spacial score (nSPS) is 2.00. The van der Waals surface area contributed by atoms with Crippen molar-refractivity contribution in [3.05, 3.63) is 0 Å². The molecule has 0 atom stereocenters. The Hall–Kier alpha value is 1.56. The maximum atomic E-state index is 8.50. The molecule has 0 saturated heterocycles. The first-order valence-corrected chi connectivity index (χ1v) is 1.97. The first-order valence-electron chi connectivity index (χ1n) is 0.333. The third kappa shape index (κ3) is 47.6. The van der Waals surface area contributed by atoms with Crippen molar-refractivity contribution in [2.24, 2.45) is 0 Å². The summed E-state index contributed by atoms with van der Waals surface area (Å²) in [6.45, 7) is 0. The van der Waals surface area contributed by atoms with Gasteiger partial charge in [0.1, 0.15) is 0 Å². The Bertz CT molecular complexity index is 30.5. The number of halogens is 2. The third-order valence-electron chi connectivity index (χ3n) is 0. The van der Waals surface area contributed by atoms with Crippen LogP contribution in [0.25, 0.3) is 0 Å². The zero-order chi connectivity index (χ0) is 2.71. The van der Waals surface area contributed by atoms with Crippen LogP contribution >= 0.6 is 24.8 Å². The van der Waals surface area contributed by atoms with E-state index in [9.17, 15) is 0 Å². The second-order valence-corrected chi connectivity index (χ2v) is 0.403. The maximum absolute atomic E-state index is 8.50. The second-order valence-electron chi connectivity index (χ2n) is 0.0680. The Balaban J connectivity index is -0.00000000667. The monoisotopic (exact) mass is 300 g/mol. The van der Waals surface area contributed by atoms with Gasteiger partial charge in [-0.15, -0.1) is 24.8 Å². The zero-order valence-electron chi connectivity index (χ0n) is 2.45. The molecule has 0 radical (unpaired) electrons. The molecule has 6 heavy (non-hydrogen) atoms. The standard InChI is InChI=1S/2ClH.2Mo.2O/h2*1H;;;;. The summed E-state index contributed by atoms with van der Waals surface area (Å²) < 4.78 is 17.0. The average molecular weight is 297 g/mol. The van der Waals surface area contributed by atoms with E-state index in [0.717, 1.165) is 0 Å². The molecule has 0 aromatic heterocycles. The third-order valence-corrected chi connectivity index (χ3v) is 0. The van der Waals surface area contributed by atoms with Crippen molar-refractivity contribution in [3.8, 4) is 0 Å². The van der Waals surface area contributed by atoms with Crippen molar-refractivity contribution in [3.63, 3.8) is 0 Å². The quantitative estimate of drug-likeness (QED) is 0.614. The van der Waals surface area contributed by atoms with Crippen molar-refractivity contribution in [2.45, 2.75) is 0 Å². The predicted molar refractivity (Wildman–Crippen MR) is 15.9 cm³/mol. The van der Waals surface area contributed by atoms with Gasteiger partial charge in [0, 0.05) is 21.1 Å². The van der Waals surface area contributed by atoms with Crippen LogP contribution in [-0.4, -0.2) is 0 Å². The van der Waals surface area contributed by atoms with Gasteiger partial charge in [0.2, 0.25) is 0 Å². The van der Waals surface area contributed by atoms with Gasteiger partial charge < -0.3 is 0 Å². The van der Waals surface area contributed by atoms with Crippen molar-refractivity contribution in [2.75, 3.05) is 0 Å². The molecule has 0 aliphatic rings. The van der Waals surface area contributed by atoms with Crippen molar-refractivity contribution < 1.29 is 46.3 Å². The average Bonchev–Trinajstić information content (AvgIpc) is 0.918. The van der Waals surface area contributed by atoms with Gasteiger partial charge >= 0.3 is 25.3 Å². The second kappa shape index (κ2) is 31.0. The van der Waals surface area contributed by atoms with Gasteiger partial charge in [-0.25, -0.2) is 0 Å². The van der Waals surface area contributed by atoms with Crippen molar-refractivity contribution in [1.29, 1.82) is 0 Å². The molecular formula is H2Cl2Mo2O2. The van der Waals surface area contributed by atoms with Crippen LogP contribution in [0.15, 0.2) is 0 Å². The van der Waals surface area contributed by atoms with Crippen LogP contribution in [0.4, 0.5) is 0 Å². The van der Waals surface area contributed by atoms with E-state index in [0.29, 0.717) is 0 Å². The fourth-order valence-electron chi connectivity index (χ4n) is 0. The topological polar surface area (TPSA) is 34.1 Å². The summed E-state index contributed by atoms with van der Waals surface area (Å²) in [5.74, 6) is 0. The molecule has 6 heteroatoms.